The molecule has 0 aromatic heterocycles. The summed E-state index contributed by atoms with van der Waals surface area (Å²) >= 11 is 2.19. The molecule has 0 fully saturated rings. The Hall–Kier alpha value is -1.89. The first kappa shape index (κ1) is 14.5. The molecule has 0 aliphatic heterocycles. The van der Waals surface area contributed by atoms with E-state index in [1.807, 2.05) is 24.3 Å². The summed E-state index contributed by atoms with van der Waals surface area (Å²) in [5, 5.41) is 2.77. The van der Waals surface area contributed by atoms with Crippen molar-refractivity contribution in [2.24, 2.45) is 0 Å². The maximum absolute atomic E-state index is 12.2. The number of rotatable bonds is 3. The van der Waals surface area contributed by atoms with Crippen molar-refractivity contribution in [1.29, 1.82) is 0 Å². The predicted molar refractivity (Wildman–Crippen MR) is 84.9 cm³/mol. The van der Waals surface area contributed by atoms with Crippen LogP contribution in [0.2, 0.25) is 0 Å². The van der Waals surface area contributed by atoms with Gasteiger partial charge in [0.2, 0.25) is 0 Å². The third-order valence-corrected chi connectivity index (χ3v) is 3.21. The Balaban J connectivity index is 2.20. The van der Waals surface area contributed by atoms with Crippen molar-refractivity contribution in [3.8, 4) is 5.75 Å². The predicted octanol–water partition coefficient (Wildman–Crippen LogP) is 3.47. The Morgan fingerprint density at radius 3 is 2.35 bits per heavy atom. The van der Waals surface area contributed by atoms with Crippen molar-refractivity contribution in [3.05, 3.63) is 57.7 Å². The highest BCUT2D eigenvalue weighted by molar-refractivity contribution is 14.1. The van der Waals surface area contributed by atoms with Gasteiger partial charge in [0.25, 0.3) is 5.91 Å². The number of halogens is 1. The van der Waals surface area contributed by atoms with Crippen molar-refractivity contribution in [2.75, 3.05) is 5.32 Å². The molecule has 2 aromatic rings. The molecule has 0 saturated heterocycles. The van der Waals surface area contributed by atoms with Crippen LogP contribution in [0.25, 0.3) is 0 Å². The van der Waals surface area contributed by atoms with Crippen LogP contribution in [-0.4, -0.2) is 11.9 Å². The fraction of sp³-hybridized carbons (Fsp3) is 0.0667. The van der Waals surface area contributed by atoms with Gasteiger partial charge in [0.15, 0.2) is 0 Å². The average Bonchev–Trinajstić information content (AvgIpc) is 2.41. The molecule has 4 nitrogen and oxygen atoms in total. The highest BCUT2D eigenvalue weighted by atomic mass is 127. The van der Waals surface area contributed by atoms with Crippen LogP contribution in [0.3, 0.4) is 0 Å². The summed E-state index contributed by atoms with van der Waals surface area (Å²) in [5.74, 6) is -0.523. The minimum absolute atomic E-state index is 0.253. The third-order valence-electron chi connectivity index (χ3n) is 2.49. The van der Waals surface area contributed by atoms with Gasteiger partial charge in [0.1, 0.15) is 5.75 Å². The molecule has 0 aliphatic rings. The van der Waals surface area contributed by atoms with Gasteiger partial charge < -0.3 is 10.1 Å². The highest BCUT2D eigenvalue weighted by Crippen LogP contribution is 2.20. The van der Waals surface area contributed by atoms with Crippen molar-refractivity contribution >= 4 is 40.2 Å². The fourth-order valence-corrected chi connectivity index (χ4v) is 1.99. The minimum atomic E-state index is -0.459. The number of para-hydroxylation sites is 1. The highest BCUT2D eigenvalue weighted by Gasteiger charge is 2.13. The summed E-state index contributed by atoms with van der Waals surface area (Å²) in [4.78, 5) is 23.2. The van der Waals surface area contributed by atoms with Crippen LogP contribution in [0.15, 0.2) is 48.5 Å². The molecule has 0 aliphatic carbocycles. The second-order valence-corrected chi connectivity index (χ2v) is 5.30. The fourth-order valence-electron chi connectivity index (χ4n) is 1.63. The molecule has 0 unspecified atom stereocenters. The minimum Gasteiger partial charge on any atom is -0.426 e. The molecule has 0 radical (unpaired) electrons. The van der Waals surface area contributed by atoms with E-state index in [4.69, 9.17) is 4.74 Å². The van der Waals surface area contributed by atoms with Gasteiger partial charge >= 0.3 is 5.97 Å². The Morgan fingerprint density at radius 2 is 1.70 bits per heavy atom. The van der Waals surface area contributed by atoms with Gasteiger partial charge in [-0.3, -0.25) is 9.59 Å². The number of anilines is 1. The van der Waals surface area contributed by atoms with E-state index in [0.717, 1.165) is 3.57 Å². The number of hydrogen-bond acceptors (Lipinski definition) is 3. The van der Waals surface area contributed by atoms with Gasteiger partial charge in [0, 0.05) is 16.2 Å². The molecular weight excluding hydrogens is 369 g/mol. The lowest BCUT2D eigenvalue weighted by molar-refractivity contribution is -0.131. The number of hydrogen-bond donors (Lipinski definition) is 1. The number of amides is 1. The normalized spacial score (nSPS) is 9.90. The first-order chi connectivity index (χ1) is 9.56. The summed E-state index contributed by atoms with van der Waals surface area (Å²) in [7, 11) is 0. The summed E-state index contributed by atoms with van der Waals surface area (Å²) in [6.07, 6.45) is 0. The number of carbonyl (C=O) groups is 2. The van der Waals surface area contributed by atoms with Crippen molar-refractivity contribution in [1.82, 2.24) is 0 Å². The molecule has 0 atom stereocenters. The Labute approximate surface area is 130 Å². The van der Waals surface area contributed by atoms with Gasteiger partial charge in [-0.2, -0.15) is 0 Å². The van der Waals surface area contributed by atoms with E-state index in [-0.39, 0.29) is 11.7 Å². The Bertz CT molecular complexity index is 638. The van der Waals surface area contributed by atoms with Crippen molar-refractivity contribution in [2.45, 2.75) is 6.92 Å². The first-order valence-corrected chi connectivity index (χ1v) is 6.98. The van der Waals surface area contributed by atoms with E-state index in [9.17, 15) is 9.59 Å². The summed E-state index contributed by atoms with van der Waals surface area (Å²) in [5.41, 5.74) is 1.01. The largest absolute Gasteiger partial charge is 0.426 e. The molecule has 20 heavy (non-hydrogen) atoms. The SMILES string of the molecule is CC(=O)Oc1ccccc1C(=O)Nc1ccc(I)cc1. The van der Waals surface area contributed by atoms with Gasteiger partial charge in [-0.25, -0.2) is 0 Å². The van der Waals surface area contributed by atoms with Crippen molar-refractivity contribution in [3.63, 3.8) is 0 Å². The lowest BCUT2D eigenvalue weighted by atomic mass is 10.2. The lowest BCUT2D eigenvalue weighted by Crippen LogP contribution is -2.14. The molecule has 5 heteroatoms. The van der Waals surface area contributed by atoms with E-state index < -0.39 is 5.97 Å². The second kappa shape index (κ2) is 6.51. The van der Waals surface area contributed by atoms with E-state index in [1.54, 1.807) is 24.3 Å². The van der Waals surface area contributed by atoms with Gasteiger partial charge in [-0.15, -0.1) is 0 Å². The van der Waals surface area contributed by atoms with E-state index >= 15 is 0 Å². The smallest absolute Gasteiger partial charge is 0.308 e. The Morgan fingerprint density at radius 1 is 1.05 bits per heavy atom. The number of ether oxygens (including phenoxy) is 1. The van der Waals surface area contributed by atoms with E-state index in [1.165, 1.54) is 6.92 Å². The maximum atomic E-state index is 12.2. The zero-order chi connectivity index (χ0) is 14.5. The second-order valence-electron chi connectivity index (χ2n) is 4.05. The van der Waals surface area contributed by atoms with Gasteiger partial charge in [-0.1, -0.05) is 12.1 Å². The molecule has 2 aromatic carbocycles. The van der Waals surface area contributed by atoms with Crippen molar-refractivity contribution < 1.29 is 14.3 Å². The molecule has 0 spiro atoms. The summed E-state index contributed by atoms with van der Waals surface area (Å²) in [6.45, 7) is 1.30. The van der Waals surface area contributed by atoms with Crippen LogP contribution in [0, 0.1) is 3.57 Å². The molecule has 1 amide bonds. The zero-order valence-corrected chi connectivity index (χ0v) is 12.9. The average molecular weight is 381 g/mol. The summed E-state index contributed by atoms with van der Waals surface area (Å²) in [6, 6.07) is 14.0. The topological polar surface area (TPSA) is 55.4 Å². The quantitative estimate of drug-likeness (QED) is 0.503. The molecule has 1 N–H and O–H groups in total. The van der Waals surface area contributed by atoms with Crippen LogP contribution in [0.4, 0.5) is 5.69 Å². The molecule has 0 bridgehead atoms. The van der Waals surface area contributed by atoms with E-state index in [0.29, 0.717) is 11.3 Å². The standard InChI is InChI=1S/C15H12INO3/c1-10(18)20-14-5-3-2-4-13(14)15(19)17-12-8-6-11(16)7-9-12/h2-9H,1H3,(H,17,19). The molecule has 102 valence electrons. The number of esters is 1. The van der Waals surface area contributed by atoms with E-state index in [2.05, 4.69) is 27.9 Å². The molecule has 0 saturated carbocycles. The first-order valence-electron chi connectivity index (χ1n) is 5.90. The van der Waals surface area contributed by atoms with Crippen LogP contribution in [0.1, 0.15) is 17.3 Å². The lowest BCUT2D eigenvalue weighted by Gasteiger charge is -2.09. The van der Waals surface area contributed by atoms with Crippen LogP contribution in [-0.2, 0) is 4.79 Å². The number of carbonyl (C=O) groups excluding carboxylic acids is 2. The van der Waals surface area contributed by atoms with Gasteiger partial charge in [-0.05, 0) is 59.0 Å². The van der Waals surface area contributed by atoms with Crippen LogP contribution < -0.4 is 10.1 Å². The summed E-state index contributed by atoms with van der Waals surface area (Å²) < 4.78 is 6.11. The van der Waals surface area contributed by atoms with Crippen LogP contribution in [0.5, 0.6) is 5.75 Å². The zero-order valence-electron chi connectivity index (χ0n) is 10.7. The van der Waals surface area contributed by atoms with Gasteiger partial charge in [0.05, 0.1) is 5.56 Å². The molecule has 2 rings (SSSR count). The number of benzene rings is 2. The molecule has 0 heterocycles. The monoisotopic (exact) mass is 381 g/mol. The molecular formula is C15H12INO3. The number of nitrogens with one attached hydrogen (secondary N) is 1. The van der Waals surface area contributed by atoms with Crippen LogP contribution >= 0.6 is 22.6 Å². The Kier molecular flexibility index (Phi) is 4.73. The third kappa shape index (κ3) is 3.80. The maximum Gasteiger partial charge on any atom is 0.308 e.